The molecule has 0 atom stereocenters. The molecule has 0 N–H and O–H groups in total. The third-order valence-corrected chi connectivity index (χ3v) is 4.16. The van der Waals surface area contributed by atoms with Crippen LogP contribution in [0.3, 0.4) is 0 Å². The Morgan fingerprint density at radius 2 is 1.82 bits per heavy atom. The zero-order chi connectivity index (χ0) is 16.7. The Bertz CT molecular complexity index is 650. The van der Waals surface area contributed by atoms with Crippen molar-refractivity contribution in [1.29, 1.82) is 5.26 Å². The van der Waals surface area contributed by atoms with Crippen LogP contribution >= 0.6 is 0 Å². The molecule has 7 heteroatoms. The van der Waals surface area contributed by atoms with Gasteiger partial charge in [0.2, 0.25) is 0 Å². The van der Waals surface area contributed by atoms with Crippen molar-refractivity contribution in [1.82, 2.24) is 0 Å². The number of hydrogen-bond donors (Lipinski definition) is 0. The average molecular weight is 305 g/mol. The molecule has 22 heavy (non-hydrogen) atoms. The molecule has 1 aliphatic heterocycles. The molecule has 1 aromatic rings. The van der Waals surface area contributed by atoms with Crippen LogP contribution in [-0.2, 0) is 14.0 Å². The SMILES string of the molecule is COC(=O)c1cc(F)c(C#N)c(B2OC(C)(C)C(C)(C)O2)c1. The Morgan fingerprint density at radius 3 is 2.27 bits per heavy atom. The molecule has 0 radical (unpaired) electrons. The largest absolute Gasteiger partial charge is 0.496 e. The third kappa shape index (κ3) is 2.60. The molecule has 0 bridgehead atoms. The molecule has 0 aliphatic carbocycles. The van der Waals surface area contributed by atoms with Gasteiger partial charge in [-0.3, -0.25) is 0 Å². The lowest BCUT2D eigenvalue weighted by Crippen LogP contribution is -2.41. The van der Waals surface area contributed by atoms with Gasteiger partial charge >= 0.3 is 13.1 Å². The maximum atomic E-state index is 14.1. The molecule has 1 heterocycles. The number of halogens is 1. The van der Waals surface area contributed by atoms with E-state index in [9.17, 15) is 14.4 Å². The molecule has 0 saturated carbocycles. The van der Waals surface area contributed by atoms with E-state index in [4.69, 9.17) is 9.31 Å². The monoisotopic (exact) mass is 305 g/mol. The summed E-state index contributed by atoms with van der Waals surface area (Å²) in [4.78, 5) is 11.6. The van der Waals surface area contributed by atoms with Crippen LogP contribution in [-0.4, -0.2) is 31.4 Å². The van der Waals surface area contributed by atoms with E-state index < -0.39 is 30.1 Å². The molecule has 1 aromatic carbocycles. The Labute approximate surface area is 129 Å². The van der Waals surface area contributed by atoms with E-state index in [1.54, 1.807) is 6.07 Å². The normalized spacial score (nSPS) is 18.9. The van der Waals surface area contributed by atoms with Crippen LogP contribution in [0.5, 0.6) is 0 Å². The Hall–Kier alpha value is -1.91. The zero-order valence-electron chi connectivity index (χ0n) is 13.2. The number of carbonyl (C=O) groups is 1. The molecular formula is C15H17BFNO4. The van der Waals surface area contributed by atoms with Gasteiger partial charge in [0.05, 0.1) is 29.4 Å². The summed E-state index contributed by atoms with van der Waals surface area (Å²) in [6.07, 6.45) is 0. The summed E-state index contributed by atoms with van der Waals surface area (Å²) in [5, 5.41) is 9.19. The molecule has 5 nitrogen and oxygen atoms in total. The van der Waals surface area contributed by atoms with Gasteiger partial charge in [0.15, 0.2) is 0 Å². The van der Waals surface area contributed by atoms with Gasteiger partial charge in [0.25, 0.3) is 0 Å². The highest BCUT2D eigenvalue weighted by molar-refractivity contribution is 6.63. The molecule has 0 spiro atoms. The first kappa shape index (κ1) is 16.5. The van der Waals surface area contributed by atoms with Crippen molar-refractivity contribution in [2.24, 2.45) is 0 Å². The number of esters is 1. The molecule has 1 fully saturated rings. The topological polar surface area (TPSA) is 68.6 Å². The van der Waals surface area contributed by atoms with Gasteiger partial charge in [-0.1, -0.05) is 0 Å². The summed E-state index contributed by atoms with van der Waals surface area (Å²) in [5.41, 5.74) is -1.29. The van der Waals surface area contributed by atoms with E-state index in [-0.39, 0.29) is 16.6 Å². The van der Waals surface area contributed by atoms with Crippen LogP contribution in [0, 0.1) is 17.1 Å². The van der Waals surface area contributed by atoms with Crippen LogP contribution in [0.15, 0.2) is 12.1 Å². The third-order valence-electron chi connectivity index (χ3n) is 4.16. The number of carbonyl (C=O) groups excluding carboxylic acids is 1. The maximum Gasteiger partial charge on any atom is 0.496 e. The van der Waals surface area contributed by atoms with Crippen LogP contribution in [0.4, 0.5) is 4.39 Å². The number of methoxy groups -OCH3 is 1. The predicted octanol–water partition coefficient (Wildman–Crippen LogP) is 1.78. The first-order valence-corrected chi connectivity index (χ1v) is 6.80. The lowest BCUT2D eigenvalue weighted by Gasteiger charge is -2.32. The highest BCUT2D eigenvalue weighted by Gasteiger charge is 2.52. The van der Waals surface area contributed by atoms with Gasteiger partial charge in [-0.25, -0.2) is 9.18 Å². The molecular weight excluding hydrogens is 288 g/mol. The summed E-state index contributed by atoms with van der Waals surface area (Å²) >= 11 is 0. The fraction of sp³-hybridized carbons (Fsp3) is 0.467. The van der Waals surface area contributed by atoms with E-state index in [2.05, 4.69) is 4.74 Å². The second-order valence-corrected chi connectivity index (χ2v) is 6.11. The minimum absolute atomic E-state index is 0.00344. The lowest BCUT2D eigenvalue weighted by molar-refractivity contribution is 0.00578. The second kappa shape index (κ2) is 5.38. The van der Waals surface area contributed by atoms with Gasteiger partial charge in [0, 0.05) is 5.46 Å². The van der Waals surface area contributed by atoms with Crippen LogP contribution < -0.4 is 5.46 Å². The summed E-state index contributed by atoms with van der Waals surface area (Å²) in [7, 11) is 0.270. The quantitative estimate of drug-likeness (QED) is 0.615. The Balaban J connectivity index is 2.54. The first-order chi connectivity index (χ1) is 10.1. The molecule has 116 valence electrons. The van der Waals surface area contributed by atoms with Crippen LogP contribution in [0.1, 0.15) is 43.6 Å². The van der Waals surface area contributed by atoms with E-state index in [1.807, 2.05) is 27.7 Å². The van der Waals surface area contributed by atoms with Gasteiger partial charge in [-0.2, -0.15) is 5.26 Å². The number of hydrogen-bond acceptors (Lipinski definition) is 5. The summed E-state index contributed by atoms with van der Waals surface area (Å²) in [6, 6.07) is 4.13. The average Bonchev–Trinajstić information content (AvgIpc) is 2.65. The predicted molar refractivity (Wildman–Crippen MR) is 78.2 cm³/mol. The lowest BCUT2D eigenvalue weighted by atomic mass is 9.75. The standard InChI is InChI=1S/C15H17BFNO4/c1-14(2)15(3,4)22-16(21-14)11-6-9(13(19)20-5)7-12(17)10(11)8-18/h6-7H,1-5H3. The molecule has 2 rings (SSSR count). The van der Waals surface area contributed by atoms with Crippen molar-refractivity contribution in [3.8, 4) is 6.07 Å². The fourth-order valence-corrected chi connectivity index (χ4v) is 2.14. The highest BCUT2D eigenvalue weighted by atomic mass is 19.1. The first-order valence-electron chi connectivity index (χ1n) is 6.80. The maximum absolute atomic E-state index is 14.1. The van der Waals surface area contributed by atoms with Gasteiger partial charge in [0.1, 0.15) is 11.9 Å². The number of nitriles is 1. The molecule has 0 aromatic heterocycles. The Kier molecular flexibility index (Phi) is 4.03. The highest BCUT2D eigenvalue weighted by Crippen LogP contribution is 2.36. The number of rotatable bonds is 2. The van der Waals surface area contributed by atoms with Crippen LogP contribution in [0.2, 0.25) is 0 Å². The molecule has 1 saturated heterocycles. The van der Waals surface area contributed by atoms with Gasteiger partial charge < -0.3 is 14.0 Å². The van der Waals surface area contributed by atoms with Crippen molar-refractivity contribution >= 4 is 18.6 Å². The van der Waals surface area contributed by atoms with Gasteiger partial charge in [-0.05, 0) is 39.8 Å². The van der Waals surface area contributed by atoms with E-state index in [1.165, 1.54) is 13.2 Å². The fourth-order valence-electron chi connectivity index (χ4n) is 2.14. The smallest absolute Gasteiger partial charge is 0.465 e. The van der Waals surface area contributed by atoms with Crippen molar-refractivity contribution < 1.29 is 23.2 Å². The van der Waals surface area contributed by atoms with E-state index in [0.29, 0.717) is 0 Å². The second-order valence-electron chi connectivity index (χ2n) is 6.11. The van der Waals surface area contributed by atoms with Crippen molar-refractivity contribution in [3.63, 3.8) is 0 Å². The zero-order valence-corrected chi connectivity index (χ0v) is 13.2. The summed E-state index contributed by atoms with van der Waals surface area (Å²) < 4.78 is 30.3. The Morgan fingerprint density at radius 1 is 1.27 bits per heavy atom. The van der Waals surface area contributed by atoms with Crippen LogP contribution in [0.25, 0.3) is 0 Å². The number of benzene rings is 1. The minimum atomic E-state index is -0.932. The number of ether oxygens (including phenoxy) is 1. The van der Waals surface area contributed by atoms with Crippen molar-refractivity contribution in [2.45, 2.75) is 38.9 Å². The molecule has 0 unspecified atom stereocenters. The summed E-state index contributed by atoms with van der Waals surface area (Å²) in [6.45, 7) is 7.39. The van der Waals surface area contributed by atoms with Crippen molar-refractivity contribution in [3.05, 3.63) is 29.1 Å². The number of nitrogens with zero attached hydrogens (tertiary/aromatic N) is 1. The van der Waals surface area contributed by atoms with E-state index >= 15 is 0 Å². The minimum Gasteiger partial charge on any atom is -0.465 e. The van der Waals surface area contributed by atoms with Gasteiger partial charge in [-0.15, -0.1) is 0 Å². The summed E-state index contributed by atoms with van der Waals surface area (Å²) in [5.74, 6) is -1.50. The molecule has 1 aliphatic rings. The molecule has 0 amide bonds. The van der Waals surface area contributed by atoms with Crippen molar-refractivity contribution in [2.75, 3.05) is 7.11 Å². The van der Waals surface area contributed by atoms with E-state index in [0.717, 1.165) is 6.07 Å².